The van der Waals surface area contributed by atoms with Crippen molar-refractivity contribution in [1.29, 1.82) is 0 Å². The summed E-state index contributed by atoms with van der Waals surface area (Å²) in [6.45, 7) is 4.19. The van der Waals surface area contributed by atoms with Crippen molar-refractivity contribution in [1.82, 2.24) is 5.32 Å². The molecule has 154 valence electrons. The largest absolute Gasteiger partial charge is 0.480 e. The molecule has 3 nitrogen and oxygen atoms in total. The minimum absolute atomic E-state index is 0.325. The summed E-state index contributed by atoms with van der Waals surface area (Å²) in [6, 6.07) is 10.9. The van der Waals surface area contributed by atoms with Gasteiger partial charge in [0.2, 0.25) is 0 Å². The zero-order valence-corrected chi connectivity index (χ0v) is 17.1. The lowest BCUT2D eigenvalue weighted by atomic mass is 9.96. The van der Waals surface area contributed by atoms with E-state index in [9.17, 15) is 18.0 Å². The van der Waals surface area contributed by atoms with Gasteiger partial charge < -0.3 is 10.4 Å². The van der Waals surface area contributed by atoms with Crippen LogP contribution in [0, 0.1) is 0 Å². The number of carboxylic acid groups (broad SMARTS) is 1. The predicted octanol–water partition coefficient (Wildman–Crippen LogP) is 5.09. The maximum atomic E-state index is 12.5. The number of carboxylic acids is 1. The number of likely N-dealkylation sites (N-methyl/N-ethyl adjacent to an activating group) is 1. The molecule has 0 saturated carbocycles. The number of halogens is 3. The molecule has 0 bridgehead atoms. The highest BCUT2D eigenvalue weighted by molar-refractivity contribution is 7.80. The topological polar surface area (TPSA) is 49.3 Å². The minimum Gasteiger partial charge on any atom is -0.480 e. The summed E-state index contributed by atoms with van der Waals surface area (Å²) >= 11 is 3.79. The number of aryl methyl sites for hydroxylation is 2. The molecule has 2 aromatic rings. The number of hydrogen-bond acceptors (Lipinski definition) is 3. The highest BCUT2D eigenvalue weighted by Crippen LogP contribution is 2.31. The van der Waals surface area contributed by atoms with E-state index < -0.39 is 23.8 Å². The van der Waals surface area contributed by atoms with E-state index in [1.54, 1.807) is 7.05 Å². The summed E-state index contributed by atoms with van der Waals surface area (Å²) in [5, 5.41) is 10.8. The zero-order chi connectivity index (χ0) is 21.3. The second-order valence-electron chi connectivity index (χ2n) is 6.13. The number of aliphatic carboxylic acids is 1. The Hall–Kier alpha value is -1.99. The predicted molar refractivity (Wildman–Crippen MR) is 110 cm³/mol. The van der Waals surface area contributed by atoms with E-state index >= 15 is 0 Å². The molecule has 0 radical (unpaired) electrons. The number of thiol groups is 1. The summed E-state index contributed by atoms with van der Waals surface area (Å²) < 4.78 is 37.6. The van der Waals surface area contributed by atoms with Gasteiger partial charge in [0, 0.05) is 5.75 Å². The van der Waals surface area contributed by atoms with Gasteiger partial charge in [0.25, 0.3) is 0 Å². The van der Waals surface area contributed by atoms with Gasteiger partial charge in [0.1, 0.15) is 6.04 Å². The monoisotopic (exact) mass is 413 g/mol. The Balaban J connectivity index is 0.000000416. The van der Waals surface area contributed by atoms with Crippen LogP contribution in [0.3, 0.4) is 0 Å². The van der Waals surface area contributed by atoms with Gasteiger partial charge in [-0.05, 0) is 54.3 Å². The maximum absolute atomic E-state index is 12.5. The number of benzene rings is 2. The molecule has 1 atom stereocenters. The first-order valence-electron chi connectivity index (χ1n) is 8.98. The Bertz CT molecular complexity index is 757. The van der Waals surface area contributed by atoms with Crippen molar-refractivity contribution >= 4 is 18.6 Å². The molecule has 0 aliphatic rings. The van der Waals surface area contributed by atoms with Crippen molar-refractivity contribution < 1.29 is 23.1 Å². The molecular formula is C21H26F3NO2S. The fourth-order valence-corrected chi connectivity index (χ4v) is 2.96. The van der Waals surface area contributed by atoms with Crippen LogP contribution in [0.4, 0.5) is 13.2 Å². The van der Waals surface area contributed by atoms with Crippen LogP contribution in [-0.2, 0) is 23.8 Å². The van der Waals surface area contributed by atoms with Crippen LogP contribution < -0.4 is 5.32 Å². The highest BCUT2D eigenvalue weighted by atomic mass is 32.1. The van der Waals surface area contributed by atoms with Crippen molar-refractivity contribution in [3.63, 3.8) is 0 Å². The molecule has 0 aliphatic carbocycles. The van der Waals surface area contributed by atoms with Gasteiger partial charge in [-0.15, -0.1) is 0 Å². The zero-order valence-electron chi connectivity index (χ0n) is 16.2. The van der Waals surface area contributed by atoms with Crippen LogP contribution in [0.1, 0.15) is 30.5 Å². The van der Waals surface area contributed by atoms with Gasteiger partial charge in [0.05, 0.1) is 5.56 Å². The molecule has 0 fully saturated rings. The Morgan fingerprint density at radius 2 is 1.57 bits per heavy atom. The quantitative estimate of drug-likeness (QED) is 0.579. The fraction of sp³-hybridized carbons (Fsp3) is 0.381. The van der Waals surface area contributed by atoms with E-state index in [0.29, 0.717) is 5.75 Å². The van der Waals surface area contributed by atoms with Crippen molar-refractivity contribution in [2.24, 2.45) is 0 Å². The molecule has 0 aromatic heterocycles. The maximum Gasteiger partial charge on any atom is 0.416 e. The molecule has 0 saturated heterocycles. The molecule has 7 heteroatoms. The van der Waals surface area contributed by atoms with E-state index in [-0.39, 0.29) is 0 Å². The molecule has 2 N–H and O–H groups in total. The molecular weight excluding hydrogens is 387 g/mol. The molecule has 0 amide bonds. The van der Waals surface area contributed by atoms with E-state index in [4.69, 9.17) is 5.11 Å². The molecule has 0 heterocycles. The third-order valence-corrected chi connectivity index (χ3v) is 4.71. The van der Waals surface area contributed by atoms with Gasteiger partial charge in [-0.2, -0.15) is 25.8 Å². The van der Waals surface area contributed by atoms with Crippen molar-refractivity contribution in [2.75, 3.05) is 12.8 Å². The third kappa shape index (κ3) is 6.87. The molecule has 28 heavy (non-hydrogen) atoms. The van der Waals surface area contributed by atoms with Crippen molar-refractivity contribution in [3.8, 4) is 11.1 Å². The van der Waals surface area contributed by atoms with Crippen LogP contribution in [0.2, 0.25) is 0 Å². The third-order valence-electron chi connectivity index (χ3n) is 4.34. The van der Waals surface area contributed by atoms with Crippen LogP contribution in [-0.4, -0.2) is 29.9 Å². The average Bonchev–Trinajstić information content (AvgIpc) is 2.68. The van der Waals surface area contributed by atoms with Gasteiger partial charge >= 0.3 is 12.1 Å². The number of carbonyl (C=O) groups is 1. The summed E-state index contributed by atoms with van der Waals surface area (Å²) in [4.78, 5) is 10.1. The Morgan fingerprint density at radius 3 is 1.93 bits per heavy atom. The second kappa shape index (κ2) is 11.1. The van der Waals surface area contributed by atoms with Crippen LogP contribution in [0.15, 0.2) is 42.5 Å². The number of hydrogen-bond donors (Lipinski definition) is 3. The average molecular weight is 414 g/mol. The molecule has 0 unspecified atom stereocenters. The van der Waals surface area contributed by atoms with Gasteiger partial charge in [-0.1, -0.05) is 44.2 Å². The number of rotatable bonds is 6. The van der Waals surface area contributed by atoms with Gasteiger partial charge in [-0.25, -0.2) is 0 Å². The summed E-state index contributed by atoms with van der Waals surface area (Å²) in [6.07, 6.45) is -2.38. The minimum atomic E-state index is -4.28. The van der Waals surface area contributed by atoms with Gasteiger partial charge in [0.15, 0.2) is 0 Å². The fourth-order valence-electron chi connectivity index (χ4n) is 2.62. The number of alkyl halides is 3. The normalized spacial score (nSPS) is 12.1. The van der Waals surface area contributed by atoms with Crippen molar-refractivity contribution in [3.05, 3.63) is 59.2 Å². The SMILES string of the molecule is CCc1ccc(-c2ccc(C(F)(F)F)cc2)cc1CC.CN[C@H](CS)C(=O)O. The number of nitrogens with one attached hydrogen (secondary N) is 1. The lowest BCUT2D eigenvalue weighted by Crippen LogP contribution is -2.35. The first-order chi connectivity index (χ1) is 13.2. The Morgan fingerprint density at radius 1 is 1.04 bits per heavy atom. The Kier molecular flexibility index (Phi) is 9.55. The van der Waals surface area contributed by atoms with E-state index in [0.717, 1.165) is 36.1 Å². The lowest BCUT2D eigenvalue weighted by molar-refractivity contribution is -0.139. The molecule has 2 rings (SSSR count). The molecule has 0 aliphatic heterocycles. The van der Waals surface area contributed by atoms with E-state index in [2.05, 4.69) is 43.9 Å². The smallest absolute Gasteiger partial charge is 0.416 e. The van der Waals surface area contributed by atoms with Crippen LogP contribution in [0.5, 0.6) is 0 Å². The first-order valence-corrected chi connectivity index (χ1v) is 9.61. The second-order valence-corrected chi connectivity index (χ2v) is 6.49. The van der Waals surface area contributed by atoms with Crippen LogP contribution in [0.25, 0.3) is 11.1 Å². The summed E-state index contributed by atoms with van der Waals surface area (Å²) in [5.74, 6) is -0.534. The van der Waals surface area contributed by atoms with E-state index in [1.807, 2.05) is 6.07 Å². The summed E-state index contributed by atoms with van der Waals surface area (Å²) in [5.41, 5.74) is 3.72. The molecule has 0 spiro atoms. The summed E-state index contributed by atoms with van der Waals surface area (Å²) in [7, 11) is 1.59. The standard InChI is InChI=1S/C17H17F3.C4H9NO2S/c1-3-12-5-6-15(11-13(12)4-2)14-7-9-16(10-8-14)17(18,19)20;1-5-3(2-8)4(6)7/h5-11H,3-4H2,1-2H3;3,5,8H,2H2,1H3,(H,6,7)/t;3-/m.1/s1. The molecule has 2 aromatic carbocycles. The first kappa shape index (κ1) is 24.0. The van der Waals surface area contributed by atoms with Crippen LogP contribution >= 0.6 is 12.6 Å². The highest BCUT2D eigenvalue weighted by Gasteiger charge is 2.29. The van der Waals surface area contributed by atoms with E-state index in [1.165, 1.54) is 23.3 Å². The lowest BCUT2D eigenvalue weighted by Gasteiger charge is -2.11. The van der Waals surface area contributed by atoms with Gasteiger partial charge in [-0.3, -0.25) is 4.79 Å². The van der Waals surface area contributed by atoms with Crippen molar-refractivity contribution in [2.45, 2.75) is 38.9 Å². The Labute approximate surface area is 169 Å².